The molecule has 1 N–H and O–H groups in total. The van der Waals surface area contributed by atoms with Crippen molar-refractivity contribution in [2.45, 2.75) is 27.4 Å². The second kappa shape index (κ2) is 9.50. The first-order valence-electron chi connectivity index (χ1n) is 7.18. The highest BCUT2D eigenvalue weighted by atomic mass is 16.5. The van der Waals surface area contributed by atoms with Gasteiger partial charge in [0, 0.05) is 39.4 Å². The second-order valence-corrected chi connectivity index (χ2v) is 4.27. The van der Waals surface area contributed by atoms with Crippen molar-refractivity contribution in [2.24, 2.45) is 0 Å². The van der Waals surface area contributed by atoms with Gasteiger partial charge in [0.15, 0.2) is 5.82 Å². The van der Waals surface area contributed by atoms with E-state index in [-0.39, 0.29) is 0 Å². The van der Waals surface area contributed by atoms with Crippen molar-refractivity contribution >= 4 is 11.6 Å². The molecule has 0 spiro atoms. The number of aromatic nitrogens is 2. The molecule has 0 aliphatic carbocycles. The minimum atomic E-state index is 0.435. The lowest BCUT2D eigenvalue weighted by Gasteiger charge is -2.22. The Balaban J connectivity index is 2.92. The van der Waals surface area contributed by atoms with Crippen LogP contribution in [0.1, 0.15) is 26.6 Å². The summed E-state index contributed by atoms with van der Waals surface area (Å²) in [4.78, 5) is 11.2. The normalized spacial score (nSPS) is 10.6. The first-order chi connectivity index (χ1) is 9.74. The predicted octanol–water partition coefficient (Wildman–Crippen LogP) is 1.92. The summed E-state index contributed by atoms with van der Waals surface area (Å²) in [5.74, 6) is 2.45. The smallest absolute Gasteiger partial charge is 0.158 e. The third-order valence-corrected chi connectivity index (χ3v) is 2.82. The van der Waals surface area contributed by atoms with E-state index in [1.165, 1.54) is 0 Å². The standard InChI is InChI=1S/C14H26N4O2/c1-5-15-12-10-14(18(6-2)8-9-19-4)17-13(16-12)11-20-7-3/h10H,5-9,11H2,1-4H3,(H,15,16,17). The number of hydrogen-bond donors (Lipinski definition) is 1. The number of rotatable bonds is 10. The lowest BCUT2D eigenvalue weighted by Crippen LogP contribution is -2.28. The fourth-order valence-electron chi connectivity index (χ4n) is 1.81. The first kappa shape index (κ1) is 16.7. The summed E-state index contributed by atoms with van der Waals surface area (Å²) >= 11 is 0. The van der Waals surface area contributed by atoms with Crippen LogP contribution in [0.3, 0.4) is 0 Å². The largest absolute Gasteiger partial charge is 0.383 e. The molecule has 1 heterocycles. The molecule has 20 heavy (non-hydrogen) atoms. The molecule has 0 aliphatic heterocycles. The number of nitrogens with one attached hydrogen (secondary N) is 1. The quantitative estimate of drug-likeness (QED) is 0.707. The van der Waals surface area contributed by atoms with Crippen LogP contribution < -0.4 is 10.2 Å². The number of likely N-dealkylation sites (N-methyl/N-ethyl adjacent to an activating group) is 1. The number of ether oxygens (including phenoxy) is 2. The van der Waals surface area contributed by atoms with Crippen LogP contribution in [0.5, 0.6) is 0 Å². The average molecular weight is 282 g/mol. The van der Waals surface area contributed by atoms with Gasteiger partial charge in [0.2, 0.25) is 0 Å². The van der Waals surface area contributed by atoms with Crippen molar-refractivity contribution in [1.29, 1.82) is 0 Å². The lowest BCUT2D eigenvalue weighted by atomic mass is 10.4. The molecule has 0 fully saturated rings. The summed E-state index contributed by atoms with van der Waals surface area (Å²) in [6.45, 7) is 10.4. The van der Waals surface area contributed by atoms with Gasteiger partial charge in [0.25, 0.3) is 0 Å². The van der Waals surface area contributed by atoms with Crippen LogP contribution >= 0.6 is 0 Å². The first-order valence-corrected chi connectivity index (χ1v) is 7.18. The minimum Gasteiger partial charge on any atom is -0.383 e. The van der Waals surface area contributed by atoms with Gasteiger partial charge in [-0.15, -0.1) is 0 Å². The minimum absolute atomic E-state index is 0.435. The van der Waals surface area contributed by atoms with Gasteiger partial charge in [-0.05, 0) is 20.8 Å². The van der Waals surface area contributed by atoms with E-state index in [0.717, 1.165) is 31.3 Å². The Morgan fingerprint density at radius 2 is 2.05 bits per heavy atom. The molecule has 114 valence electrons. The Hall–Kier alpha value is -1.40. The SMILES string of the molecule is CCNc1cc(N(CC)CCOC)nc(COCC)n1. The Morgan fingerprint density at radius 1 is 1.25 bits per heavy atom. The molecule has 0 atom stereocenters. The molecule has 0 bridgehead atoms. The Kier molecular flexibility index (Phi) is 7.91. The van der Waals surface area contributed by atoms with E-state index in [0.29, 0.717) is 25.6 Å². The highest BCUT2D eigenvalue weighted by Gasteiger charge is 2.10. The van der Waals surface area contributed by atoms with E-state index in [2.05, 4.69) is 27.1 Å². The fourth-order valence-corrected chi connectivity index (χ4v) is 1.81. The van der Waals surface area contributed by atoms with Crippen LogP contribution in [-0.2, 0) is 16.1 Å². The van der Waals surface area contributed by atoms with Crippen molar-refractivity contribution in [3.05, 3.63) is 11.9 Å². The Morgan fingerprint density at radius 3 is 2.65 bits per heavy atom. The zero-order valence-electron chi connectivity index (χ0n) is 13.0. The van der Waals surface area contributed by atoms with Gasteiger partial charge in [0.1, 0.15) is 18.2 Å². The summed E-state index contributed by atoms with van der Waals surface area (Å²) in [6, 6.07) is 1.97. The van der Waals surface area contributed by atoms with E-state index in [4.69, 9.17) is 9.47 Å². The second-order valence-electron chi connectivity index (χ2n) is 4.27. The van der Waals surface area contributed by atoms with E-state index >= 15 is 0 Å². The van der Waals surface area contributed by atoms with Crippen LogP contribution in [0.15, 0.2) is 6.07 Å². The molecule has 1 aromatic rings. The molecule has 6 heteroatoms. The van der Waals surface area contributed by atoms with E-state index in [9.17, 15) is 0 Å². The molecule has 0 saturated carbocycles. The molecule has 0 aliphatic rings. The molecule has 1 aromatic heterocycles. The van der Waals surface area contributed by atoms with Crippen LogP contribution in [-0.4, -0.2) is 49.9 Å². The summed E-state index contributed by atoms with van der Waals surface area (Å²) in [5, 5.41) is 3.24. The highest BCUT2D eigenvalue weighted by molar-refractivity contribution is 5.49. The van der Waals surface area contributed by atoms with Crippen LogP contribution in [0, 0.1) is 0 Å². The van der Waals surface area contributed by atoms with Crippen molar-refractivity contribution < 1.29 is 9.47 Å². The molecule has 6 nitrogen and oxygen atoms in total. The topological polar surface area (TPSA) is 59.5 Å². The van der Waals surface area contributed by atoms with Gasteiger partial charge in [-0.1, -0.05) is 0 Å². The maximum absolute atomic E-state index is 5.41. The molecule has 0 radical (unpaired) electrons. The van der Waals surface area contributed by atoms with Crippen LogP contribution in [0.25, 0.3) is 0 Å². The van der Waals surface area contributed by atoms with Crippen molar-refractivity contribution in [2.75, 3.05) is 50.2 Å². The molecule has 0 amide bonds. The van der Waals surface area contributed by atoms with Crippen molar-refractivity contribution in [3.63, 3.8) is 0 Å². The van der Waals surface area contributed by atoms with Gasteiger partial charge in [-0.2, -0.15) is 0 Å². The van der Waals surface area contributed by atoms with E-state index in [1.54, 1.807) is 7.11 Å². The zero-order chi connectivity index (χ0) is 14.8. The predicted molar refractivity (Wildman–Crippen MR) is 81.3 cm³/mol. The van der Waals surface area contributed by atoms with Gasteiger partial charge in [0.05, 0.1) is 6.61 Å². The number of nitrogens with zero attached hydrogens (tertiary/aromatic N) is 3. The maximum atomic E-state index is 5.41. The fraction of sp³-hybridized carbons (Fsp3) is 0.714. The summed E-state index contributed by atoms with van der Waals surface area (Å²) in [7, 11) is 1.71. The molecule has 0 unspecified atom stereocenters. The zero-order valence-corrected chi connectivity index (χ0v) is 13.0. The van der Waals surface area contributed by atoms with E-state index in [1.807, 2.05) is 19.9 Å². The number of hydrogen-bond acceptors (Lipinski definition) is 6. The van der Waals surface area contributed by atoms with Gasteiger partial charge in [-0.3, -0.25) is 0 Å². The van der Waals surface area contributed by atoms with Crippen molar-refractivity contribution in [1.82, 2.24) is 9.97 Å². The molecule has 1 rings (SSSR count). The Bertz CT molecular complexity index is 387. The molecule has 0 saturated heterocycles. The highest BCUT2D eigenvalue weighted by Crippen LogP contribution is 2.16. The third-order valence-electron chi connectivity index (χ3n) is 2.82. The third kappa shape index (κ3) is 5.30. The Labute approximate surface area is 121 Å². The summed E-state index contributed by atoms with van der Waals surface area (Å²) < 4.78 is 10.5. The number of anilines is 2. The maximum Gasteiger partial charge on any atom is 0.158 e. The summed E-state index contributed by atoms with van der Waals surface area (Å²) in [6.07, 6.45) is 0. The number of methoxy groups -OCH3 is 1. The molecule has 0 aromatic carbocycles. The summed E-state index contributed by atoms with van der Waals surface area (Å²) in [5.41, 5.74) is 0. The lowest BCUT2D eigenvalue weighted by molar-refractivity contribution is 0.128. The van der Waals surface area contributed by atoms with Crippen LogP contribution in [0.2, 0.25) is 0 Å². The van der Waals surface area contributed by atoms with Crippen LogP contribution in [0.4, 0.5) is 11.6 Å². The van der Waals surface area contributed by atoms with Gasteiger partial charge >= 0.3 is 0 Å². The van der Waals surface area contributed by atoms with Gasteiger partial charge < -0.3 is 19.7 Å². The van der Waals surface area contributed by atoms with Gasteiger partial charge in [-0.25, -0.2) is 9.97 Å². The molecular formula is C14H26N4O2. The molecular weight excluding hydrogens is 256 g/mol. The average Bonchev–Trinajstić information content (AvgIpc) is 2.46. The van der Waals surface area contributed by atoms with E-state index < -0.39 is 0 Å². The van der Waals surface area contributed by atoms with Crippen molar-refractivity contribution in [3.8, 4) is 0 Å². The monoisotopic (exact) mass is 282 g/mol.